The second-order valence-corrected chi connectivity index (χ2v) is 7.08. The molecule has 1 unspecified atom stereocenters. The van der Waals surface area contributed by atoms with Gasteiger partial charge in [0.25, 0.3) is 0 Å². The molecular formula is C18H27N3O2S. The highest BCUT2D eigenvalue weighted by atomic mass is 32.1. The third-order valence-corrected chi connectivity index (χ3v) is 4.69. The summed E-state index contributed by atoms with van der Waals surface area (Å²) < 4.78 is 5.52. The van der Waals surface area contributed by atoms with Crippen LogP contribution in [-0.4, -0.2) is 30.7 Å². The fourth-order valence-electron chi connectivity index (χ4n) is 2.58. The van der Waals surface area contributed by atoms with Gasteiger partial charge in [0.1, 0.15) is 17.1 Å². The molecule has 0 aromatic carbocycles. The van der Waals surface area contributed by atoms with E-state index in [4.69, 9.17) is 4.42 Å². The Labute approximate surface area is 147 Å². The van der Waals surface area contributed by atoms with E-state index >= 15 is 0 Å². The van der Waals surface area contributed by atoms with Gasteiger partial charge in [0.2, 0.25) is 0 Å². The van der Waals surface area contributed by atoms with E-state index in [9.17, 15) is 5.11 Å². The van der Waals surface area contributed by atoms with Crippen molar-refractivity contribution < 1.29 is 9.52 Å². The van der Waals surface area contributed by atoms with Gasteiger partial charge in [-0.3, -0.25) is 0 Å². The average Bonchev–Trinajstić information content (AvgIpc) is 3.14. The number of hydrogen-bond acceptors (Lipinski definition) is 4. The molecule has 5 nitrogen and oxygen atoms in total. The van der Waals surface area contributed by atoms with E-state index < -0.39 is 5.60 Å². The number of rotatable bonds is 7. The standard InChI is InChI=1S/C18H27N3O2S/c1-5-19-17(20-9-8-15-7-6-10-24-15)21-12-18(4,22)16-11-13(2)23-14(16)3/h6-7,10-11,22H,5,8-9,12H2,1-4H3,(H2,19,20,21). The lowest BCUT2D eigenvalue weighted by molar-refractivity contribution is 0.0657. The molecule has 0 fully saturated rings. The lowest BCUT2D eigenvalue weighted by Crippen LogP contribution is -2.39. The lowest BCUT2D eigenvalue weighted by Gasteiger charge is -2.21. The van der Waals surface area contributed by atoms with Gasteiger partial charge in [-0.25, -0.2) is 4.99 Å². The number of guanidine groups is 1. The number of nitrogens with one attached hydrogen (secondary N) is 2. The van der Waals surface area contributed by atoms with Crippen LogP contribution in [0.5, 0.6) is 0 Å². The smallest absolute Gasteiger partial charge is 0.191 e. The molecule has 2 rings (SSSR count). The van der Waals surface area contributed by atoms with Crippen molar-refractivity contribution in [3.63, 3.8) is 0 Å². The Kier molecular flexibility index (Phi) is 6.45. The Hall–Kier alpha value is -1.79. The van der Waals surface area contributed by atoms with Gasteiger partial charge >= 0.3 is 0 Å². The molecule has 0 bridgehead atoms. The first-order valence-electron chi connectivity index (χ1n) is 8.27. The second-order valence-electron chi connectivity index (χ2n) is 6.05. The van der Waals surface area contributed by atoms with Crippen LogP contribution in [0.25, 0.3) is 0 Å². The van der Waals surface area contributed by atoms with Gasteiger partial charge in [0.05, 0.1) is 6.54 Å². The van der Waals surface area contributed by atoms with Gasteiger partial charge in [0, 0.05) is 23.5 Å². The highest BCUT2D eigenvalue weighted by molar-refractivity contribution is 7.09. The maximum Gasteiger partial charge on any atom is 0.191 e. The Balaban J connectivity index is 1.97. The summed E-state index contributed by atoms with van der Waals surface area (Å²) in [7, 11) is 0. The van der Waals surface area contributed by atoms with Gasteiger partial charge in [0.15, 0.2) is 5.96 Å². The predicted octanol–water partition coefficient (Wildman–Crippen LogP) is 2.96. The van der Waals surface area contributed by atoms with Crippen LogP contribution < -0.4 is 10.6 Å². The zero-order chi connectivity index (χ0) is 17.6. The summed E-state index contributed by atoms with van der Waals surface area (Å²) in [6.07, 6.45) is 0.957. The van der Waals surface area contributed by atoms with E-state index in [-0.39, 0.29) is 6.54 Å². The number of aliphatic imine (C=N–C) groups is 1. The molecule has 0 aliphatic rings. The topological polar surface area (TPSA) is 69.8 Å². The monoisotopic (exact) mass is 349 g/mol. The fraction of sp³-hybridized carbons (Fsp3) is 0.500. The largest absolute Gasteiger partial charge is 0.466 e. The maximum atomic E-state index is 10.8. The highest BCUT2D eigenvalue weighted by Crippen LogP contribution is 2.27. The minimum Gasteiger partial charge on any atom is -0.466 e. The molecule has 132 valence electrons. The number of hydrogen-bond donors (Lipinski definition) is 3. The van der Waals surface area contributed by atoms with Crippen molar-refractivity contribution in [1.29, 1.82) is 0 Å². The molecule has 6 heteroatoms. The van der Waals surface area contributed by atoms with Crippen LogP contribution in [0.4, 0.5) is 0 Å². The number of nitrogens with zero attached hydrogens (tertiary/aromatic N) is 1. The number of furan rings is 1. The normalized spacial score (nSPS) is 14.5. The van der Waals surface area contributed by atoms with E-state index in [0.717, 1.165) is 36.6 Å². The van der Waals surface area contributed by atoms with Crippen molar-refractivity contribution in [3.05, 3.63) is 45.5 Å². The van der Waals surface area contributed by atoms with Crippen LogP contribution in [0.1, 0.15) is 35.8 Å². The van der Waals surface area contributed by atoms with E-state index in [2.05, 4.69) is 33.1 Å². The van der Waals surface area contributed by atoms with Gasteiger partial charge in [-0.15, -0.1) is 11.3 Å². The van der Waals surface area contributed by atoms with E-state index in [1.54, 1.807) is 18.3 Å². The van der Waals surface area contributed by atoms with Crippen LogP contribution in [0, 0.1) is 13.8 Å². The zero-order valence-electron chi connectivity index (χ0n) is 14.8. The molecule has 2 aromatic rings. The number of thiophene rings is 1. The minimum absolute atomic E-state index is 0.265. The summed E-state index contributed by atoms with van der Waals surface area (Å²) in [6.45, 7) is 9.38. The molecule has 0 spiro atoms. The summed E-state index contributed by atoms with van der Waals surface area (Å²) in [5.41, 5.74) is -0.268. The molecule has 0 aliphatic heterocycles. The SMILES string of the molecule is CCNC(=NCC(C)(O)c1cc(C)oc1C)NCCc1cccs1. The van der Waals surface area contributed by atoms with E-state index in [0.29, 0.717) is 5.96 Å². The van der Waals surface area contributed by atoms with E-state index in [1.807, 2.05) is 26.8 Å². The number of aliphatic hydroxyl groups is 1. The zero-order valence-corrected chi connectivity index (χ0v) is 15.7. The third-order valence-electron chi connectivity index (χ3n) is 3.75. The quantitative estimate of drug-likeness (QED) is 0.531. The Morgan fingerprint density at radius 1 is 1.38 bits per heavy atom. The summed E-state index contributed by atoms with van der Waals surface area (Å²) >= 11 is 1.76. The summed E-state index contributed by atoms with van der Waals surface area (Å²) in [5.74, 6) is 2.25. The van der Waals surface area contributed by atoms with Crippen molar-refractivity contribution in [1.82, 2.24) is 10.6 Å². The molecule has 0 saturated heterocycles. The summed E-state index contributed by atoms with van der Waals surface area (Å²) in [4.78, 5) is 5.88. The number of aryl methyl sites for hydroxylation is 2. The van der Waals surface area contributed by atoms with Gasteiger partial charge in [-0.2, -0.15) is 0 Å². The van der Waals surface area contributed by atoms with Gasteiger partial charge in [-0.1, -0.05) is 6.07 Å². The molecule has 0 radical (unpaired) electrons. The van der Waals surface area contributed by atoms with Crippen molar-refractivity contribution in [3.8, 4) is 0 Å². The second kappa shape index (κ2) is 8.35. The van der Waals surface area contributed by atoms with E-state index in [1.165, 1.54) is 4.88 Å². The Bertz CT molecular complexity index is 660. The fourth-order valence-corrected chi connectivity index (χ4v) is 3.29. The molecule has 24 heavy (non-hydrogen) atoms. The molecule has 2 heterocycles. The minimum atomic E-state index is -1.06. The van der Waals surface area contributed by atoms with Gasteiger partial charge < -0.3 is 20.2 Å². The summed E-state index contributed by atoms with van der Waals surface area (Å²) in [5, 5.41) is 19.4. The molecule has 0 saturated carbocycles. The van der Waals surface area contributed by atoms with Crippen LogP contribution in [-0.2, 0) is 12.0 Å². The van der Waals surface area contributed by atoms with Crippen LogP contribution >= 0.6 is 11.3 Å². The van der Waals surface area contributed by atoms with Crippen molar-refractivity contribution >= 4 is 17.3 Å². The summed E-state index contributed by atoms with van der Waals surface area (Å²) in [6, 6.07) is 6.07. The van der Waals surface area contributed by atoms with Crippen molar-refractivity contribution in [2.75, 3.05) is 19.6 Å². The highest BCUT2D eigenvalue weighted by Gasteiger charge is 2.27. The lowest BCUT2D eigenvalue weighted by atomic mass is 9.96. The van der Waals surface area contributed by atoms with Crippen molar-refractivity contribution in [2.45, 2.75) is 39.7 Å². The molecule has 1 atom stereocenters. The average molecular weight is 350 g/mol. The first-order valence-corrected chi connectivity index (χ1v) is 9.15. The van der Waals surface area contributed by atoms with Crippen molar-refractivity contribution in [2.24, 2.45) is 4.99 Å². The first kappa shape index (κ1) is 18.5. The third kappa shape index (κ3) is 5.11. The maximum absolute atomic E-state index is 10.8. The van der Waals surface area contributed by atoms with Crippen LogP contribution in [0.2, 0.25) is 0 Å². The Morgan fingerprint density at radius 2 is 2.17 bits per heavy atom. The molecule has 3 N–H and O–H groups in total. The molecule has 0 aliphatic carbocycles. The van der Waals surface area contributed by atoms with Crippen LogP contribution in [0.3, 0.4) is 0 Å². The van der Waals surface area contributed by atoms with Gasteiger partial charge in [-0.05, 0) is 51.6 Å². The predicted molar refractivity (Wildman–Crippen MR) is 99.8 cm³/mol. The molecule has 2 aromatic heterocycles. The Morgan fingerprint density at radius 3 is 2.75 bits per heavy atom. The first-order chi connectivity index (χ1) is 11.4. The van der Waals surface area contributed by atoms with Crippen LogP contribution in [0.15, 0.2) is 33.0 Å². The molecular weight excluding hydrogens is 322 g/mol. The molecule has 0 amide bonds.